The minimum absolute atomic E-state index is 0.184. The fraction of sp³-hybridized carbons (Fsp3) is 0.154. The molecule has 2 nitrogen and oxygen atoms in total. The van der Waals surface area contributed by atoms with Gasteiger partial charge >= 0.3 is 0 Å². The van der Waals surface area contributed by atoms with E-state index in [0.29, 0.717) is 11.3 Å². The van der Waals surface area contributed by atoms with Crippen molar-refractivity contribution in [2.24, 2.45) is 0 Å². The quantitative estimate of drug-likeness (QED) is 0.903. The van der Waals surface area contributed by atoms with Crippen molar-refractivity contribution in [2.75, 3.05) is 5.32 Å². The Kier molecular flexibility index (Phi) is 3.77. The van der Waals surface area contributed by atoms with Crippen LogP contribution in [0.15, 0.2) is 36.7 Å². The fourth-order valence-electron chi connectivity index (χ4n) is 1.59. The second kappa shape index (κ2) is 5.31. The molecule has 0 aliphatic carbocycles. The van der Waals surface area contributed by atoms with Crippen LogP contribution in [0.4, 0.5) is 14.5 Å². The normalized spacial score (nSPS) is 12.2. The van der Waals surface area contributed by atoms with Crippen LogP contribution in [0.2, 0.25) is 5.02 Å². The van der Waals surface area contributed by atoms with Crippen molar-refractivity contribution >= 4 is 17.3 Å². The summed E-state index contributed by atoms with van der Waals surface area (Å²) in [6.07, 6.45) is 2.71. The van der Waals surface area contributed by atoms with Crippen molar-refractivity contribution in [3.8, 4) is 0 Å². The monoisotopic (exact) mass is 268 g/mol. The molecule has 0 bridgehead atoms. The van der Waals surface area contributed by atoms with Gasteiger partial charge in [0.25, 0.3) is 0 Å². The third-order valence-electron chi connectivity index (χ3n) is 2.53. The van der Waals surface area contributed by atoms with E-state index in [0.717, 1.165) is 6.20 Å². The predicted octanol–water partition coefficient (Wildman–Crippen LogP) is 4.19. The highest BCUT2D eigenvalue weighted by Gasteiger charge is 2.09. The van der Waals surface area contributed by atoms with E-state index in [1.165, 1.54) is 18.2 Å². The van der Waals surface area contributed by atoms with Gasteiger partial charge in [-0.3, -0.25) is 4.98 Å². The molecule has 0 saturated heterocycles. The van der Waals surface area contributed by atoms with E-state index in [1.54, 1.807) is 12.3 Å². The lowest BCUT2D eigenvalue weighted by Crippen LogP contribution is -2.07. The van der Waals surface area contributed by atoms with Gasteiger partial charge in [0.1, 0.15) is 11.6 Å². The van der Waals surface area contributed by atoms with E-state index in [9.17, 15) is 8.78 Å². The van der Waals surface area contributed by atoms with Gasteiger partial charge < -0.3 is 5.32 Å². The van der Waals surface area contributed by atoms with Crippen LogP contribution in [0.25, 0.3) is 0 Å². The Morgan fingerprint density at radius 3 is 2.61 bits per heavy atom. The summed E-state index contributed by atoms with van der Waals surface area (Å²) in [5.41, 5.74) is 1.28. The van der Waals surface area contributed by atoms with Gasteiger partial charge in [0, 0.05) is 6.20 Å². The van der Waals surface area contributed by atoms with Crippen LogP contribution in [0, 0.1) is 11.6 Å². The molecule has 1 unspecified atom stereocenters. The first-order chi connectivity index (χ1) is 8.56. The average molecular weight is 269 g/mol. The van der Waals surface area contributed by atoms with E-state index >= 15 is 0 Å². The molecule has 2 aromatic rings. The first kappa shape index (κ1) is 12.8. The van der Waals surface area contributed by atoms with Gasteiger partial charge in [-0.1, -0.05) is 11.6 Å². The average Bonchev–Trinajstić information content (AvgIpc) is 2.32. The Labute approximate surface area is 109 Å². The van der Waals surface area contributed by atoms with E-state index < -0.39 is 11.6 Å². The van der Waals surface area contributed by atoms with Crippen molar-refractivity contribution in [1.82, 2.24) is 4.98 Å². The van der Waals surface area contributed by atoms with Gasteiger partial charge in [-0.05, 0) is 36.8 Å². The molecule has 1 aromatic heterocycles. The van der Waals surface area contributed by atoms with Crippen LogP contribution in [-0.2, 0) is 0 Å². The van der Waals surface area contributed by atoms with Crippen LogP contribution < -0.4 is 5.32 Å². The molecular weight excluding hydrogens is 258 g/mol. The van der Waals surface area contributed by atoms with Gasteiger partial charge in [-0.2, -0.15) is 0 Å². The molecule has 0 radical (unpaired) electrons. The number of hydrogen-bond acceptors (Lipinski definition) is 2. The Morgan fingerprint density at radius 1 is 1.17 bits per heavy atom. The van der Waals surface area contributed by atoms with Crippen molar-refractivity contribution in [3.05, 3.63) is 58.9 Å². The molecule has 94 valence electrons. The van der Waals surface area contributed by atoms with Crippen LogP contribution in [-0.4, -0.2) is 4.98 Å². The number of hydrogen-bond donors (Lipinski definition) is 1. The van der Waals surface area contributed by atoms with E-state index in [2.05, 4.69) is 10.3 Å². The number of pyridine rings is 1. The van der Waals surface area contributed by atoms with E-state index in [1.807, 2.05) is 6.92 Å². The molecule has 2 rings (SSSR count). The molecule has 1 heterocycles. The zero-order valence-electron chi connectivity index (χ0n) is 9.62. The Bertz CT molecular complexity index is 560. The third kappa shape index (κ3) is 2.96. The summed E-state index contributed by atoms with van der Waals surface area (Å²) < 4.78 is 25.9. The number of nitrogens with zero attached hydrogens (tertiary/aromatic N) is 1. The molecule has 0 aliphatic rings. The molecule has 0 amide bonds. The molecule has 0 spiro atoms. The minimum Gasteiger partial charge on any atom is -0.377 e. The van der Waals surface area contributed by atoms with E-state index in [4.69, 9.17) is 11.6 Å². The first-order valence-electron chi connectivity index (χ1n) is 5.38. The van der Waals surface area contributed by atoms with Gasteiger partial charge in [0.2, 0.25) is 0 Å². The molecule has 18 heavy (non-hydrogen) atoms. The van der Waals surface area contributed by atoms with Crippen molar-refractivity contribution in [3.63, 3.8) is 0 Å². The molecule has 1 aromatic carbocycles. The molecule has 0 saturated carbocycles. The lowest BCUT2D eigenvalue weighted by Gasteiger charge is -2.16. The topological polar surface area (TPSA) is 24.9 Å². The van der Waals surface area contributed by atoms with E-state index in [-0.39, 0.29) is 11.1 Å². The first-order valence-corrected chi connectivity index (χ1v) is 5.76. The number of halogens is 3. The van der Waals surface area contributed by atoms with Crippen LogP contribution in [0.3, 0.4) is 0 Å². The van der Waals surface area contributed by atoms with Crippen LogP contribution >= 0.6 is 11.6 Å². The molecule has 1 N–H and O–H groups in total. The van der Waals surface area contributed by atoms with Gasteiger partial charge in [-0.15, -0.1) is 0 Å². The predicted molar refractivity (Wildman–Crippen MR) is 67.6 cm³/mol. The standard InChI is InChI=1S/C13H11ClF2N2/c1-8(9-4-11(16)7-17-6-9)18-13-3-2-10(15)5-12(13)14/h2-8,18H,1H3. The van der Waals surface area contributed by atoms with Crippen LogP contribution in [0.1, 0.15) is 18.5 Å². The highest BCUT2D eigenvalue weighted by Crippen LogP contribution is 2.26. The molecule has 0 fully saturated rings. The maximum absolute atomic E-state index is 13.0. The Balaban J connectivity index is 2.18. The zero-order valence-corrected chi connectivity index (χ0v) is 10.4. The largest absolute Gasteiger partial charge is 0.377 e. The second-order valence-corrected chi connectivity index (χ2v) is 4.33. The lowest BCUT2D eigenvalue weighted by molar-refractivity contribution is 0.616. The smallest absolute Gasteiger partial charge is 0.141 e. The van der Waals surface area contributed by atoms with Gasteiger partial charge in [-0.25, -0.2) is 8.78 Å². The van der Waals surface area contributed by atoms with Gasteiger partial charge in [0.15, 0.2) is 0 Å². The van der Waals surface area contributed by atoms with Crippen molar-refractivity contribution in [2.45, 2.75) is 13.0 Å². The molecule has 0 aliphatic heterocycles. The van der Waals surface area contributed by atoms with Crippen LogP contribution in [0.5, 0.6) is 0 Å². The van der Waals surface area contributed by atoms with Crippen molar-refractivity contribution in [1.29, 1.82) is 0 Å². The number of anilines is 1. The Hall–Kier alpha value is -1.68. The zero-order chi connectivity index (χ0) is 13.1. The van der Waals surface area contributed by atoms with Gasteiger partial charge in [0.05, 0.1) is 22.9 Å². The summed E-state index contributed by atoms with van der Waals surface area (Å²) in [7, 11) is 0. The summed E-state index contributed by atoms with van der Waals surface area (Å²) in [6, 6.07) is 5.28. The maximum atomic E-state index is 13.0. The second-order valence-electron chi connectivity index (χ2n) is 3.93. The van der Waals surface area contributed by atoms with Crippen molar-refractivity contribution < 1.29 is 8.78 Å². The molecular formula is C13H11ClF2N2. The number of benzene rings is 1. The Morgan fingerprint density at radius 2 is 1.94 bits per heavy atom. The number of nitrogens with one attached hydrogen (secondary N) is 1. The summed E-state index contributed by atoms with van der Waals surface area (Å²) >= 11 is 5.90. The SMILES string of the molecule is CC(Nc1ccc(F)cc1Cl)c1cncc(F)c1. The fourth-order valence-corrected chi connectivity index (χ4v) is 1.81. The number of aromatic nitrogens is 1. The summed E-state index contributed by atoms with van der Waals surface area (Å²) in [4.78, 5) is 3.78. The molecule has 1 atom stereocenters. The lowest BCUT2D eigenvalue weighted by atomic mass is 10.1. The highest BCUT2D eigenvalue weighted by molar-refractivity contribution is 6.33. The third-order valence-corrected chi connectivity index (χ3v) is 2.84. The highest BCUT2D eigenvalue weighted by atomic mass is 35.5. The summed E-state index contributed by atoms with van der Waals surface area (Å²) in [5.74, 6) is -0.794. The number of rotatable bonds is 3. The summed E-state index contributed by atoms with van der Waals surface area (Å²) in [6.45, 7) is 1.84. The maximum Gasteiger partial charge on any atom is 0.141 e. The summed E-state index contributed by atoms with van der Waals surface area (Å²) in [5, 5.41) is 3.36. The molecule has 5 heteroatoms. The minimum atomic E-state index is -0.398.